The molecule has 1 aromatic heterocycles. The number of aromatic nitrogens is 2. The Labute approximate surface area is 143 Å². The molecule has 128 valence electrons. The third-order valence-corrected chi connectivity index (χ3v) is 3.61. The molecule has 3 aromatic rings. The van der Waals surface area contributed by atoms with E-state index in [1.165, 1.54) is 23.1 Å². The van der Waals surface area contributed by atoms with E-state index in [2.05, 4.69) is 10.1 Å². The van der Waals surface area contributed by atoms with E-state index < -0.39 is 5.82 Å². The molecule has 1 heterocycles. The second-order valence-corrected chi connectivity index (χ2v) is 5.41. The molecule has 25 heavy (non-hydrogen) atoms. The molecule has 0 spiro atoms. The van der Waals surface area contributed by atoms with Crippen LogP contribution in [0.15, 0.2) is 53.1 Å². The van der Waals surface area contributed by atoms with Crippen molar-refractivity contribution < 1.29 is 18.4 Å². The van der Waals surface area contributed by atoms with Crippen molar-refractivity contribution in [2.45, 2.75) is 6.54 Å². The van der Waals surface area contributed by atoms with Crippen LogP contribution in [0.3, 0.4) is 0 Å². The fourth-order valence-corrected chi connectivity index (χ4v) is 2.29. The molecule has 3 rings (SSSR count). The number of halogens is 1. The van der Waals surface area contributed by atoms with Crippen molar-refractivity contribution in [1.29, 1.82) is 0 Å². The molecule has 0 aliphatic heterocycles. The summed E-state index contributed by atoms with van der Waals surface area (Å²) in [4.78, 5) is 18.0. The number of ether oxygens (including phenoxy) is 1. The molecule has 0 N–H and O–H groups in total. The van der Waals surface area contributed by atoms with E-state index in [0.717, 1.165) is 11.3 Å². The van der Waals surface area contributed by atoms with Crippen LogP contribution in [-0.2, 0) is 6.54 Å². The smallest absolute Gasteiger partial charge is 0.254 e. The third kappa shape index (κ3) is 3.82. The Morgan fingerprint density at radius 3 is 2.68 bits per heavy atom. The second kappa shape index (κ2) is 7.12. The molecule has 2 aromatic carbocycles. The van der Waals surface area contributed by atoms with E-state index in [1.54, 1.807) is 32.4 Å². The fraction of sp³-hybridized carbons (Fsp3) is 0.167. The van der Waals surface area contributed by atoms with Crippen molar-refractivity contribution in [3.8, 4) is 17.1 Å². The Bertz CT molecular complexity index is 877. The largest absolute Gasteiger partial charge is 0.497 e. The number of amides is 1. The van der Waals surface area contributed by atoms with Gasteiger partial charge in [0.15, 0.2) is 0 Å². The first-order valence-electron chi connectivity index (χ1n) is 7.55. The normalized spacial score (nSPS) is 10.5. The summed E-state index contributed by atoms with van der Waals surface area (Å²) in [6.07, 6.45) is 0. The van der Waals surface area contributed by atoms with Crippen LogP contribution in [0.2, 0.25) is 0 Å². The van der Waals surface area contributed by atoms with Crippen molar-refractivity contribution in [2.24, 2.45) is 0 Å². The van der Waals surface area contributed by atoms with Gasteiger partial charge in [-0.05, 0) is 42.5 Å². The molecular weight excluding hydrogens is 325 g/mol. The summed E-state index contributed by atoms with van der Waals surface area (Å²) in [5, 5.41) is 3.92. The number of methoxy groups -OCH3 is 1. The van der Waals surface area contributed by atoms with E-state index in [-0.39, 0.29) is 23.9 Å². The van der Waals surface area contributed by atoms with Crippen molar-refractivity contribution in [3.63, 3.8) is 0 Å². The van der Waals surface area contributed by atoms with Crippen LogP contribution in [0.1, 0.15) is 16.2 Å². The summed E-state index contributed by atoms with van der Waals surface area (Å²) < 4.78 is 23.5. The maximum atomic E-state index is 13.2. The average molecular weight is 341 g/mol. The minimum absolute atomic E-state index is 0.124. The van der Waals surface area contributed by atoms with Crippen molar-refractivity contribution in [3.05, 3.63) is 65.8 Å². The van der Waals surface area contributed by atoms with Crippen molar-refractivity contribution in [2.75, 3.05) is 14.2 Å². The highest BCUT2D eigenvalue weighted by Crippen LogP contribution is 2.20. The van der Waals surface area contributed by atoms with Crippen LogP contribution in [0.4, 0.5) is 4.39 Å². The monoisotopic (exact) mass is 341 g/mol. The maximum Gasteiger partial charge on any atom is 0.254 e. The molecule has 0 atom stereocenters. The zero-order valence-corrected chi connectivity index (χ0v) is 13.8. The Balaban J connectivity index is 1.71. The fourth-order valence-electron chi connectivity index (χ4n) is 2.29. The van der Waals surface area contributed by atoms with E-state index in [9.17, 15) is 9.18 Å². The van der Waals surface area contributed by atoms with Gasteiger partial charge in [-0.2, -0.15) is 4.98 Å². The summed E-state index contributed by atoms with van der Waals surface area (Å²) in [6.45, 7) is 0.124. The van der Waals surface area contributed by atoms with Gasteiger partial charge in [0.05, 0.1) is 13.7 Å². The number of carbonyl (C=O) groups is 1. The molecule has 0 saturated carbocycles. The lowest BCUT2D eigenvalue weighted by molar-refractivity contribution is 0.0769. The zero-order valence-electron chi connectivity index (χ0n) is 13.8. The van der Waals surface area contributed by atoms with Gasteiger partial charge in [-0.25, -0.2) is 4.39 Å². The van der Waals surface area contributed by atoms with Crippen molar-refractivity contribution in [1.82, 2.24) is 15.0 Å². The predicted octanol–water partition coefficient (Wildman–Crippen LogP) is 3.16. The summed E-state index contributed by atoms with van der Waals surface area (Å²) in [5.41, 5.74) is 1.03. The van der Waals surface area contributed by atoms with E-state index in [0.29, 0.717) is 5.82 Å². The van der Waals surface area contributed by atoms with Crippen LogP contribution in [0.25, 0.3) is 11.4 Å². The Kier molecular flexibility index (Phi) is 4.74. The van der Waals surface area contributed by atoms with Gasteiger partial charge in [-0.1, -0.05) is 11.2 Å². The quantitative estimate of drug-likeness (QED) is 0.713. The molecule has 0 radical (unpaired) electrons. The molecule has 0 unspecified atom stereocenters. The van der Waals surface area contributed by atoms with Gasteiger partial charge in [-0.15, -0.1) is 0 Å². The standard InChI is InChI=1S/C18H16FN3O3/c1-22(18(23)13-4-3-5-14(19)10-13)11-16-20-17(21-25-16)12-6-8-15(24-2)9-7-12/h3-10H,11H2,1-2H3. The SMILES string of the molecule is COc1ccc(-c2noc(CN(C)C(=O)c3cccc(F)c3)n2)cc1. The van der Waals surface area contributed by atoms with E-state index >= 15 is 0 Å². The average Bonchev–Trinajstić information content (AvgIpc) is 3.09. The van der Waals surface area contributed by atoms with Gasteiger partial charge in [0.1, 0.15) is 11.6 Å². The topological polar surface area (TPSA) is 68.5 Å². The number of hydrogen-bond acceptors (Lipinski definition) is 5. The number of nitrogens with zero attached hydrogens (tertiary/aromatic N) is 3. The van der Waals surface area contributed by atoms with Gasteiger partial charge in [0.25, 0.3) is 5.91 Å². The molecule has 6 nitrogen and oxygen atoms in total. The molecule has 0 saturated heterocycles. The number of carbonyl (C=O) groups excluding carboxylic acids is 1. The molecule has 1 amide bonds. The maximum absolute atomic E-state index is 13.2. The predicted molar refractivity (Wildman–Crippen MR) is 88.5 cm³/mol. The lowest BCUT2D eigenvalue weighted by Crippen LogP contribution is -2.26. The summed E-state index contributed by atoms with van der Waals surface area (Å²) >= 11 is 0. The van der Waals surface area contributed by atoms with Crippen LogP contribution in [0, 0.1) is 5.82 Å². The Morgan fingerprint density at radius 2 is 2.00 bits per heavy atom. The highest BCUT2D eigenvalue weighted by atomic mass is 19.1. The summed E-state index contributed by atoms with van der Waals surface area (Å²) in [7, 11) is 3.18. The summed E-state index contributed by atoms with van der Waals surface area (Å²) in [5.74, 6) is 0.651. The first kappa shape index (κ1) is 16.6. The summed E-state index contributed by atoms with van der Waals surface area (Å²) in [6, 6.07) is 12.7. The van der Waals surface area contributed by atoms with Crippen LogP contribution in [0.5, 0.6) is 5.75 Å². The minimum atomic E-state index is -0.459. The molecule has 0 bridgehead atoms. The van der Waals surface area contributed by atoms with Gasteiger partial charge >= 0.3 is 0 Å². The van der Waals surface area contributed by atoms with Crippen LogP contribution >= 0.6 is 0 Å². The number of benzene rings is 2. The van der Waals surface area contributed by atoms with Crippen LogP contribution in [-0.4, -0.2) is 35.1 Å². The van der Waals surface area contributed by atoms with Gasteiger partial charge < -0.3 is 14.2 Å². The molecule has 0 aliphatic rings. The Hall–Kier alpha value is -3.22. The van der Waals surface area contributed by atoms with Gasteiger partial charge in [0.2, 0.25) is 11.7 Å². The van der Waals surface area contributed by atoms with Gasteiger partial charge in [0, 0.05) is 18.2 Å². The lowest BCUT2D eigenvalue weighted by atomic mass is 10.2. The first-order chi connectivity index (χ1) is 12.1. The number of rotatable bonds is 5. The molecule has 0 aliphatic carbocycles. The number of hydrogen-bond donors (Lipinski definition) is 0. The first-order valence-corrected chi connectivity index (χ1v) is 7.55. The van der Waals surface area contributed by atoms with Crippen molar-refractivity contribution >= 4 is 5.91 Å². The van der Waals surface area contributed by atoms with E-state index in [4.69, 9.17) is 9.26 Å². The minimum Gasteiger partial charge on any atom is -0.497 e. The second-order valence-electron chi connectivity index (χ2n) is 5.41. The highest BCUT2D eigenvalue weighted by molar-refractivity contribution is 5.93. The highest BCUT2D eigenvalue weighted by Gasteiger charge is 2.16. The van der Waals surface area contributed by atoms with E-state index in [1.807, 2.05) is 12.1 Å². The zero-order chi connectivity index (χ0) is 17.8. The molecule has 0 fully saturated rings. The third-order valence-electron chi connectivity index (χ3n) is 3.61. The van der Waals surface area contributed by atoms with Crippen LogP contribution < -0.4 is 4.74 Å². The van der Waals surface area contributed by atoms with Gasteiger partial charge in [-0.3, -0.25) is 4.79 Å². The molecular formula is C18H16FN3O3. The lowest BCUT2D eigenvalue weighted by Gasteiger charge is -2.14. The Morgan fingerprint density at radius 1 is 1.24 bits per heavy atom. The molecule has 7 heteroatoms.